The van der Waals surface area contributed by atoms with E-state index in [9.17, 15) is 9.59 Å². The van der Waals surface area contributed by atoms with E-state index < -0.39 is 0 Å². The number of H-pyrrole nitrogens is 1. The van der Waals surface area contributed by atoms with Crippen LogP contribution < -0.4 is 10.3 Å². The standard InChI is InChI=1S/C18H10ClNO3/c19-12-5-6-14-10(8-12)7-11(18(22)20-14)9-16-17(21)13-3-1-2-4-15(13)23-16/h1-9H,(H,20,22)/b16-9-. The van der Waals surface area contributed by atoms with Crippen LogP contribution in [0.3, 0.4) is 0 Å². The van der Waals surface area contributed by atoms with E-state index in [4.69, 9.17) is 16.3 Å². The van der Waals surface area contributed by atoms with Crippen LogP contribution in [0, 0.1) is 0 Å². The molecule has 1 aliphatic heterocycles. The third kappa shape index (κ3) is 2.33. The summed E-state index contributed by atoms with van der Waals surface area (Å²) >= 11 is 5.98. The number of ether oxygens (including phenoxy) is 1. The van der Waals surface area contributed by atoms with Crippen LogP contribution in [0.5, 0.6) is 5.75 Å². The summed E-state index contributed by atoms with van der Waals surface area (Å²) in [6.07, 6.45) is 1.46. The smallest absolute Gasteiger partial charge is 0.255 e. The Labute approximate surface area is 136 Å². The van der Waals surface area contributed by atoms with Crippen molar-refractivity contribution in [2.75, 3.05) is 0 Å². The van der Waals surface area contributed by atoms with E-state index >= 15 is 0 Å². The molecule has 0 saturated heterocycles. The number of halogens is 1. The predicted molar refractivity (Wildman–Crippen MR) is 89.0 cm³/mol. The van der Waals surface area contributed by atoms with E-state index in [1.807, 2.05) is 0 Å². The number of carbonyl (C=O) groups excluding carboxylic acids is 1. The van der Waals surface area contributed by atoms with Gasteiger partial charge in [0, 0.05) is 21.5 Å². The van der Waals surface area contributed by atoms with Crippen LogP contribution in [0.1, 0.15) is 15.9 Å². The Morgan fingerprint density at radius 3 is 2.70 bits per heavy atom. The molecule has 4 rings (SSSR count). The monoisotopic (exact) mass is 323 g/mol. The Bertz CT molecular complexity index is 1050. The van der Waals surface area contributed by atoms with Crippen molar-refractivity contribution < 1.29 is 9.53 Å². The minimum absolute atomic E-state index is 0.137. The predicted octanol–water partition coefficient (Wildman–Crippen LogP) is 3.80. The van der Waals surface area contributed by atoms with Gasteiger partial charge < -0.3 is 9.72 Å². The lowest BCUT2D eigenvalue weighted by atomic mass is 10.1. The van der Waals surface area contributed by atoms with Gasteiger partial charge >= 0.3 is 0 Å². The van der Waals surface area contributed by atoms with Gasteiger partial charge in [-0.25, -0.2) is 0 Å². The van der Waals surface area contributed by atoms with E-state index in [0.717, 1.165) is 5.39 Å². The number of aromatic amines is 1. The van der Waals surface area contributed by atoms with Crippen LogP contribution in [0.2, 0.25) is 5.02 Å². The summed E-state index contributed by atoms with van der Waals surface area (Å²) in [5.74, 6) is 0.410. The molecule has 0 atom stereocenters. The maximum absolute atomic E-state index is 12.3. The quantitative estimate of drug-likeness (QED) is 0.693. The number of nitrogens with one attached hydrogen (secondary N) is 1. The molecule has 1 aromatic heterocycles. The maximum atomic E-state index is 12.3. The second-order valence-electron chi connectivity index (χ2n) is 5.22. The third-order valence-corrected chi connectivity index (χ3v) is 3.93. The lowest BCUT2D eigenvalue weighted by Crippen LogP contribution is -2.10. The highest BCUT2D eigenvalue weighted by atomic mass is 35.5. The second kappa shape index (κ2) is 5.11. The maximum Gasteiger partial charge on any atom is 0.255 e. The minimum atomic E-state index is -0.292. The molecule has 0 bridgehead atoms. The van der Waals surface area contributed by atoms with Crippen LogP contribution in [0.4, 0.5) is 0 Å². The van der Waals surface area contributed by atoms with Gasteiger partial charge in [0.15, 0.2) is 5.76 Å². The fourth-order valence-electron chi connectivity index (χ4n) is 2.58. The lowest BCUT2D eigenvalue weighted by Gasteiger charge is -2.02. The molecule has 1 N–H and O–H groups in total. The van der Waals surface area contributed by atoms with Crippen molar-refractivity contribution in [1.29, 1.82) is 0 Å². The zero-order chi connectivity index (χ0) is 16.0. The zero-order valence-corrected chi connectivity index (χ0v) is 12.6. The van der Waals surface area contributed by atoms with Gasteiger partial charge in [0.25, 0.3) is 5.56 Å². The highest BCUT2D eigenvalue weighted by Crippen LogP contribution is 2.31. The Morgan fingerprint density at radius 1 is 1.04 bits per heavy atom. The lowest BCUT2D eigenvalue weighted by molar-refractivity contribution is 0.101. The molecule has 4 nitrogen and oxygen atoms in total. The molecule has 1 aliphatic rings. The summed E-state index contributed by atoms with van der Waals surface area (Å²) in [4.78, 5) is 27.3. The number of carbonyl (C=O) groups is 1. The van der Waals surface area contributed by atoms with E-state index in [1.165, 1.54) is 6.08 Å². The van der Waals surface area contributed by atoms with Gasteiger partial charge in [-0.15, -0.1) is 0 Å². The SMILES string of the molecule is O=C1/C(=C/c2cc3cc(Cl)ccc3[nH]c2=O)Oc2ccccc21. The number of allylic oxidation sites excluding steroid dienone is 1. The molecular formula is C18H10ClNO3. The number of para-hydroxylation sites is 1. The van der Waals surface area contributed by atoms with Crippen LogP contribution in [-0.4, -0.2) is 10.8 Å². The fourth-order valence-corrected chi connectivity index (χ4v) is 2.76. The van der Waals surface area contributed by atoms with E-state index in [0.29, 0.717) is 27.4 Å². The molecule has 23 heavy (non-hydrogen) atoms. The minimum Gasteiger partial charge on any atom is -0.452 e. The molecule has 0 spiro atoms. The number of rotatable bonds is 1. The van der Waals surface area contributed by atoms with E-state index in [-0.39, 0.29) is 17.1 Å². The summed E-state index contributed by atoms with van der Waals surface area (Å²) in [5.41, 5.74) is 1.23. The number of benzene rings is 2. The van der Waals surface area contributed by atoms with Crippen molar-refractivity contribution in [2.24, 2.45) is 0 Å². The molecule has 0 amide bonds. The Balaban J connectivity index is 1.83. The molecule has 0 radical (unpaired) electrons. The Morgan fingerprint density at radius 2 is 1.87 bits per heavy atom. The van der Waals surface area contributed by atoms with E-state index in [1.54, 1.807) is 48.5 Å². The van der Waals surface area contributed by atoms with Crippen molar-refractivity contribution in [1.82, 2.24) is 4.98 Å². The van der Waals surface area contributed by atoms with Crippen LogP contribution in [-0.2, 0) is 0 Å². The largest absolute Gasteiger partial charge is 0.452 e. The number of ketones is 1. The first kappa shape index (κ1) is 13.8. The molecule has 0 aliphatic carbocycles. The molecule has 0 unspecified atom stereocenters. The van der Waals surface area contributed by atoms with Crippen molar-refractivity contribution in [3.63, 3.8) is 0 Å². The topological polar surface area (TPSA) is 59.2 Å². The number of pyridine rings is 1. The second-order valence-corrected chi connectivity index (χ2v) is 5.66. The fraction of sp³-hybridized carbons (Fsp3) is 0. The van der Waals surface area contributed by atoms with Gasteiger partial charge in [0.05, 0.1) is 5.56 Å². The molecule has 2 aromatic carbocycles. The Hall–Kier alpha value is -2.85. The summed E-state index contributed by atoms with van der Waals surface area (Å²) in [6, 6.07) is 13.9. The molecule has 5 heteroatoms. The van der Waals surface area contributed by atoms with Crippen molar-refractivity contribution >= 4 is 34.4 Å². The normalized spacial score (nSPS) is 15.0. The summed E-state index contributed by atoms with van der Waals surface area (Å²) in [7, 11) is 0. The average molecular weight is 324 g/mol. The molecule has 3 aromatic rings. The molecule has 2 heterocycles. The highest BCUT2D eigenvalue weighted by molar-refractivity contribution is 6.31. The molecule has 0 fully saturated rings. The average Bonchev–Trinajstić information content (AvgIpc) is 2.85. The van der Waals surface area contributed by atoms with Crippen LogP contribution in [0.15, 0.2) is 59.1 Å². The number of fused-ring (bicyclic) bond motifs is 2. The van der Waals surface area contributed by atoms with Gasteiger partial charge in [-0.05, 0) is 42.5 Å². The van der Waals surface area contributed by atoms with Gasteiger partial charge in [-0.3, -0.25) is 9.59 Å². The van der Waals surface area contributed by atoms with Crippen LogP contribution >= 0.6 is 11.6 Å². The number of aromatic nitrogens is 1. The first-order valence-corrected chi connectivity index (χ1v) is 7.35. The van der Waals surface area contributed by atoms with Gasteiger partial charge in [-0.1, -0.05) is 23.7 Å². The number of hydrogen-bond donors (Lipinski definition) is 1. The first-order valence-electron chi connectivity index (χ1n) is 6.98. The molecule has 112 valence electrons. The van der Waals surface area contributed by atoms with E-state index in [2.05, 4.69) is 4.98 Å². The zero-order valence-electron chi connectivity index (χ0n) is 11.8. The van der Waals surface area contributed by atoms with Gasteiger partial charge in [0.1, 0.15) is 5.75 Å². The van der Waals surface area contributed by atoms with Crippen molar-refractivity contribution in [3.8, 4) is 5.75 Å². The molecule has 0 saturated carbocycles. The molecular weight excluding hydrogens is 314 g/mol. The van der Waals surface area contributed by atoms with Crippen molar-refractivity contribution in [2.45, 2.75) is 0 Å². The summed E-state index contributed by atoms with van der Waals surface area (Å²) in [5, 5.41) is 1.36. The number of hydrogen-bond acceptors (Lipinski definition) is 3. The first-order chi connectivity index (χ1) is 11.1. The third-order valence-electron chi connectivity index (χ3n) is 3.70. The van der Waals surface area contributed by atoms with Gasteiger partial charge in [-0.2, -0.15) is 0 Å². The van der Waals surface area contributed by atoms with Crippen LogP contribution in [0.25, 0.3) is 17.0 Å². The summed E-state index contributed by atoms with van der Waals surface area (Å²) in [6.45, 7) is 0. The Kier molecular flexibility index (Phi) is 3.06. The van der Waals surface area contributed by atoms with Gasteiger partial charge in [0.2, 0.25) is 5.78 Å². The summed E-state index contributed by atoms with van der Waals surface area (Å²) < 4.78 is 5.55. The highest BCUT2D eigenvalue weighted by Gasteiger charge is 2.26. The van der Waals surface area contributed by atoms with Crippen molar-refractivity contribution in [3.05, 3.63) is 80.8 Å². The number of Topliss-reactive ketones (excluding diaryl/α,β-unsaturated/α-hetero) is 1.